The maximum Gasteiger partial charge on any atom is 0.586 e. The Morgan fingerprint density at radius 3 is 2.37 bits per heavy atom. The second kappa shape index (κ2) is 9.47. The van der Waals surface area contributed by atoms with Crippen molar-refractivity contribution in [2.24, 2.45) is 0 Å². The molecule has 0 spiro atoms. The van der Waals surface area contributed by atoms with Gasteiger partial charge in [-0.2, -0.15) is 0 Å². The number of nitrogens with zero attached hydrogens (tertiary/aromatic N) is 4. The first-order chi connectivity index (χ1) is 16.9. The summed E-state index contributed by atoms with van der Waals surface area (Å²) in [5.41, 5.74) is 0.893. The minimum Gasteiger partial charge on any atom is -0.460 e. The molecule has 0 unspecified atom stereocenters. The van der Waals surface area contributed by atoms with E-state index in [1.54, 1.807) is 15.9 Å². The molecule has 11 heteroatoms. The second-order valence-electron chi connectivity index (χ2n) is 8.60. The summed E-state index contributed by atoms with van der Waals surface area (Å²) < 4.78 is 40.8. The van der Waals surface area contributed by atoms with Crippen molar-refractivity contribution >= 4 is 17.9 Å². The van der Waals surface area contributed by atoms with Gasteiger partial charge in [0.2, 0.25) is 5.91 Å². The molecular formula is C24H24F2N4O5. The number of benzene rings is 1. The summed E-state index contributed by atoms with van der Waals surface area (Å²) in [5.74, 6) is -0.575. The molecule has 0 atom stereocenters. The van der Waals surface area contributed by atoms with Crippen LogP contribution in [0.3, 0.4) is 0 Å². The molecule has 1 saturated carbocycles. The number of piperazine rings is 1. The summed E-state index contributed by atoms with van der Waals surface area (Å²) in [6, 6.07) is 4.58. The number of ether oxygens (including phenoxy) is 3. The molecular weight excluding hydrogens is 462 g/mol. The number of carbonyl (C=O) groups is 2. The number of alkyl halides is 2. The SMILES string of the molecule is O=C(/C=C/c1ccc2c(c1)OC(F)(F)O2)N1CCN(C(=O)c2cnc(OC3CCCC3)nc2)CC1. The molecule has 184 valence electrons. The third-order valence-electron chi connectivity index (χ3n) is 6.17. The van der Waals surface area contributed by atoms with E-state index in [0.717, 1.165) is 25.7 Å². The summed E-state index contributed by atoms with van der Waals surface area (Å²) in [6.07, 6.45) is 6.58. The van der Waals surface area contributed by atoms with Gasteiger partial charge in [-0.3, -0.25) is 9.59 Å². The van der Waals surface area contributed by atoms with Crippen molar-refractivity contribution in [1.82, 2.24) is 19.8 Å². The van der Waals surface area contributed by atoms with Gasteiger partial charge in [0.15, 0.2) is 11.5 Å². The summed E-state index contributed by atoms with van der Waals surface area (Å²) in [4.78, 5) is 37.0. The quantitative estimate of drug-likeness (QED) is 0.600. The molecule has 2 amide bonds. The van der Waals surface area contributed by atoms with E-state index in [4.69, 9.17) is 4.74 Å². The fourth-order valence-electron chi connectivity index (χ4n) is 4.30. The zero-order valence-electron chi connectivity index (χ0n) is 18.9. The second-order valence-corrected chi connectivity index (χ2v) is 8.60. The zero-order valence-corrected chi connectivity index (χ0v) is 18.9. The molecule has 3 aliphatic rings. The molecule has 5 rings (SSSR count). The van der Waals surface area contributed by atoms with E-state index in [0.29, 0.717) is 37.3 Å². The fourth-order valence-corrected chi connectivity index (χ4v) is 4.30. The first-order valence-electron chi connectivity index (χ1n) is 11.5. The van der Waals surface area contributed by atoms with Crippen LogP contribution in [0.25, 0.3) is 6.08 Å². The van der Waals surface area contributed by atoms with Crippen molar-refractivity contribution < 1.29 is 32.6 Å². The predicted molar refractivity (Wildman–Crippen MR) is 119 cm³/mol. The number of hydrogen-bond donors (Lipinski definition) is 0. The number of amides is 2. The summed E-state index contributed by atoms with van der Waals surface area (Å²) >= 11 is 0. The first-order valence-corrected chi connectivity index (χ1v) is 11.5. The zero-order chi connectivity index (χ0) is 24.4. The molecule has 2 fully saturated rings. The van der Waals surface area contributed by atoms with E-state index in [1.165, 1.54) is 36.7 Å². The van der Waals surface area contributed by atoms with Gasteiger partial charge < -0.3 is 24.0 Å². The van der Waals surface area contributed by atoms with Gasteiger partial charge in [-0.25, -0.2) is 9.97 Å². The van der Waals surface area contributed by atoms with E-state index in [9.17, 15) is 18.4 Å². The number of hydrogen-bond acceptors (Lipinski definition) is 7. The highest BCUT2D eigenvalue weighted by molar-refractivity contribution is 5.94. The summed E-state index contributed by atoms with van der Waals surface area (Å²) in [5, 5.41) is 0. The predicted octanol–water partition coefficient (Wildman–Crippen LogP) is 3.12. The molecule has 3 heterocycles. The van der Waals surface area contributed by atoms with E-state index in [-0.39, 0.29) is 35.4 Å². The lowest BCUT2D eigenvalue weighted by Crippen LogP contribution is -2.50. The third kappa shape index (κ3) is 5.33. The van der Waals surface area contributed by atoms with Gasteiger partial charge in [-0.15, -0.1) is 8.78 Å². The molecule has 0 radical (unpaired) electrons. The van der Waals surface area contributed by atoms with E-state index in [2.05, 4.69) is 19.4 Å². The van der Waals surface area contributed by atoms with E-state index >= 15 is 0 Å². The van der Waals surface area contributed by atoms with Gasteiger partial charge in [0.1, 0.15) is 6.10 Å². The standard InChI is InChI=1S/C24H24F2N4O5/c25-24(26)34-19-7-5-16(13-20(19)35-24)6-8-21(31)29-9-11-30(12-10-29)22(32)17-14-27-23(28-15-17)33-18-3-1-2-4-18/h5-8,13-15,18H,1-4,9-12H2/b8-6+. The number of fused-ring (bicyclic) bond motifs is 1. The molecule has 1 aromatic carbocycles. The van der Waals surface area contributed by atoms with Crippen LogP contribution in [0.15, 0.2) is 36.7 Å². The molecule has 2 aliphatic heterocycles. The van der Waals surface area contributed by atoms with E-state index < -0.39 is 6.29 Å². The van der Waals surface area contributed by atoms with Crippen LogP contribution in [0, 0.1) is 0 Å². The van der Waals surface area contributed by atoms with Crippen LogP contribution in [0.4, 0.5) is 8.78 Å². The fraction of sp³-hybridized carbons (Fsp3) is 0.417. The molecule has 1 aliphatic carbocycles. The molecule has 0 bridgehead atoms. The lowest BCUT2D eigenvalue weighted by Gasteiger charge is -2.34. The maximum atomic E-state index is 13.2. The molecule has 35 heavy (non-hydrogen) atoms. The monoisotopic (exact) mass is 486 g/mol. The Labute approximate surface area is 200 Å². The highest BCUT2D eigenvalue weighted by atomic mass is 19.3. The summed E-state index contributed by atoms with van der Waals surface area (Å²) in [7, 11) is 0. The highest BCUT2D eigenvalue weighted by Gasteiger charge is 2.43. The van der Waals surface area contributed by atoms with Crippen molar-refractivity contribution in [3.8, 4) is 17.5 Å². The van der Waals surface area contributed by atoms with Gasteiger partial charge in [-0.1, -0.05) is 6.07 Å². The van der Waals surface area contributed by atoms with E-state index in [1.807, 2.05) is 0 Å². The third-order valence-corrected chi connectivity index (χ3v) is 6.17. The van der Waals surface area contributed by atoms with Crippen LogP contribution in [0.2, 0.25) is 0 Å². The molecule has 1 aromatic heterocycles. The lowest BCUT2D eigenvalue weighted by molar-refractivity contribution is -0.286. The van der Waals surface area contributed by atoms with Crippen LogP contribution >= 0.6 is 0 Å². The van der Waals surface area contributed by atoms with Gasteiger partial charge in [0.05, 0.1) is 5.56 Å². The number of halogens is 2. The Bertz CT molecular complexity index is 1130. The number of rotatable bonds is 5. The van der Waals surface area contributed by atoms with Crippen LogP contribution in [0.1, 0.15) is 41.6 Å². The number of aromatic nitrogens is 2. The smallest absolute Gasteiger partial charge is 0.460 e. The number of carbonyl (C=O) groups excluding carboxylic acids is 2. The van der Waals surface area contributed by atoms with Crippen LogP contribution in [-0.4, -0.2) is 70.2 Å². The first kappa shape index (κ1) is 23.0. The van der Waals surface area contributed by atoms with Crippen molar-refractivity contribution in [2.45, 2.75) is 38.1 Å². The van der Waals surface area contributed by atoms with Gasteiger partial charge in [0.25, 0.3) is 5.91 Å². The van der Waals surface area contributed by atoms with Crippen LogP contribution < -0.4 is 14.2 Å². The van der Waals surface area contributed by atoms with Gasteiger partial charge in [0, 0.05) is 44.6 Å². The van der Waals surface area contributed by atoms with Crippen molar-refractivity contribution in [3.05, 3.63) is 47.8 Å². The lowest BCUT2D eigenvalue weighted by atomic mass is 10.2. The highest BCUT2D eigenvalue weighted by Crippen LogP contribution is 2.41. The van der Waals surface area contributed by atoms with Crippen LogP contribution in [0.5, 0.6) is 17.5 Å². The Kier molecular flexibility index (Phi) is 6.23. The Hall–Kier alpha value is -3.76. The molecule has 2 aromatic rings. The normalized spacial score (nSPS) is 19.4. The van der Waals surface area contributed by atoms with Gasteiger partial charge in [-0.05, 0) is 49.5 Å². The topological polar surface area (TPSA) is 94.1 Å². The Balaban J connectivity index is 1.12. The van der Waals surface area contributed by atoms with Crippen molar-refractivity contribution in [1.29, 1.82) is 0 Å². The average Bonchev–Trinajstić information content (AvgIpc) is 3.48. The minimum atomic E-state index is -3.69. The van der Waals surface area contributed by atoms with Gasteiger partial charge >= 0.3 is 12.3 Å². The molecule has 9 nitrogen and oxygen atoms in total. The maximum absolute atomic E-state index is 13.2. The van der Waals surface area contributed by atoms with Crippen molar-refractivity contribution in [2.75, 3.05) is 26.2 Å². The molecule has 0 N–H and O–H groups in total. The van der Waals surface area contributed by atoms with Crippen LogP contribution in [-0.2, 0) is 4.79 Å². The Morgan fingerprint density at radius 1 is 1.00 bits per heavy atom. The average molecular weight is 486 g/mol. The Morgan fingerprint density at radius 2 is 1.66 bits per heavy atom. The minimum absolute atomic E-state index is 0.0550. The largest absolute Gasteiger partial charge is 0.586 e. The van der Waals surface area contributed by atoms with Crippen molar-refractivity contribution in [3.63, 3.8) is 0 Å². The summed E-state index contributed by atoms with van der Waals surface area (Å²) in [6.45, 7) is 1.48. The molecule has 1 saturated heterocycles.